The van der Waals surface area contributed by atoms with Crippen molar-refractivity contribution in [2.75, 3.05) is 0 Å². The summed E-state index contributed by atoms with van der Waals surface area (Å²) in [4.78, 5) is 42.7. The Hall–Kier alpha value is -3.13. The molecule has 8 heteroatoms. The molecular formula is C25H28N4O3S. The molecule has 33 heavy (non-hydrogen) atoms. The minimum atomic E-state index is -0.627. The van der Waals surface area contributed by atoms with E-state index in [1.807, 2.05) is 36.4 Å². The zero-order valence-electron chi connectivity index (χ0n) is 18.8. The van der Waals surface area contributed by atoms with Gasteiger partial charge < -0.3 is 5.32 Å². The fourth-order valence-corrected chi connectivity index (χ4v) is 4.41. The number of rotatable bonds is 8. The fraction of sp³-hybridized carbons (Fsp3) is 0.360. The maximum atomic E-state index is 13.4. The Bertz CT molecular complexity index is 1220. The lowest BCUT2D eigenvalue weighted by atomic mass is 10.1. The quantitative estimate of drug-likeness (QED) is 0.385. The molecule has 3 aromatic rings. The van der Waals surface area contributed by atoms with Gasteiger partial charge in [-0.15, -0.1) is 0 Å². The summed E-state index contributed by atoms with van der Waals surface area (Å²) in [6, 6.07) is 14.7. The van der Waals surface area contributed by atoms with Gasteiger partial charge in [-0.3, -0.25) is 19.5 Å². The minimum absolute atomic E-state index is 0.161. The van der Waals surface area contributed by atoms with Gasteiger partial charge in [0.2, 0.25) is 5.91 Å². The summed E-state index contributed by atoms with van der Waals surface area (Å²) in [5.74, 6) is -0.429. The number of nitrogens with one attached hydrogen (secondary N) is 2. The Balaban J connectivity index is 1.64. The monoisotopic (exact) mass is 464 g/mol. The number of nitrogens with zero attached hydrogens (tertiary/aromatic N) is 2. The van der Waals surface area contributed by atoms with Crippen molar-refractivity contribution in [3.63, 3.8) is 0 Å². The third-order valence-electron chi connectivity index (χ3n) is 5.56. The summed E-state index contributed by atoms with van der Waals surface area (Å²) >= 11 is 1.16. The lowest BCUT2D eigenvalue weighted by Crippen LogP contribution is -2.43. The van der Waals surface area contributed by atoms with Gasteiger partial charge >= 0.3 is 6.03 Å². The van der Waals surface area contributed by atoms with Crippen LogP contribution in [0, 0.1) is 0 Å². The molecule has 1 aliphatic carbocycles. The van der Waals surface area contributed by atoms with Crippen molar-refractivity contribution in [3.8, 4) is 5.69 Å². The van der Waals surface area contributed by atoms with E-state index in [2.05, 4.69) is 22.5 Å². The molecule has 172 valence electrons. The largest absolute Gasteiger partial charge is 0.335 e. The van der Waals surface area contributed by atoms with Crippen LogP contribution in [0.3, 0.4) is 0 Å². The number of amides is 3. The van der Waals surface area contributed by atoms with E-state index in [4.69, 9.17) is 0 Å². The zero-order chi connectivity index (χ0) is 23.4. The van der Waals surface area contributed by atoms with Crippen molar-refractivity contribution >= 4 is 34.6 Å². The molecule has 2 N–H and O–H groups in total. The van der Waals surface area contributed by atoms with Crippen molar-refractivity contribution in [2.45, 2.75) is 62.4 Å². The summed E-state index contributed by atoms with van der Waals surface area (Å²) in [6.45, 7) is 3.86. The van der Waals surface area contributed by atoms with Gasteiger partial charge in [-0.25, -0.2) is 9.78 Å². The van der Waals surface area contributed by atoms with Crippen LogP contribution in [-0.4, -0.2) is 32.8 Å². The molecule has 0 bridgehead atoms. The molecule has 3 amide bonds. The lowest BCUT2D eigenvalue weighted by Gasteiger charge is -2.16. The first-order valence-electron chi connectivity index (χ1n) is 11.4. The predicted octanol–water partition coefficient (Wildman–Crippen LogP) is 4.20. The Morgan fingerprint density at radius 3 is 2.58 bits per heavy atom. The van der Waals surface area contributed by atoms with E-state index in [1.165, 1.54) is 5.56 Å². The smallest absolute Gasteiger partial charge is 0.321 e. The summed E-state index contributed by atoms with van der Waals surface area (Å²) in [5.41, 5.74) is 2.29. The van der Waals surface area contributed by atoms with Gasteiger partial charge in [0.25, 0.3) is 5.56 Å². The summed E-state index contributed by atoms with van der Waals surface area (Å²) in [7, 11) is 0. The van der Waals surface area contributed by atoms with E-state index in [0.717, 1.165) is 43.9 Å². The van der Waals surface area contributed by atoms with Gasteiger partial charge in [0.15, 0.2) is 5.16 Å². The third kappa shape index (κ3) is 5.63. The van der Waals surface area contributed by atoms with E-state index >= 15 is 0 Å². The Labute approximate surface area is 197 Å². The molecule has 1 fully saturated rings. The van der Waals surface area contributed by atoms with Crippen LogP contribution in [-0.2, 0) is 11.2 Å². The van der Waals surface area contributed by atoms with Gasteiger partial charge in [0, 0.05) is 6.04 Å². The molecule has 1 atom stereocenters. The second-order valence-corrected chi connectivity index (χ2v) is 9.63. The second kappa shape index (κ2) is 10.2. The normalized spacial score (nSPS) is 14.1. The van der Waals surface area contributed by atoms with Gasteiger partial charge in [-0.2, -0.15) is 0 Å². The highest BCUT2D eigenvalue weighted by Crippen LogP contribution is 2.25. The number of hydrogen-bond acceptors (Lipinski definition) is 5. The molecule has 0 radical (unpaired) electrons. The van der Waals surface area contributed by atoms with E-state index < -0.39 is 17.2 Å². The number of aryl methyl sites for hydroxylation is 1. The highest BCUT2D eigenvalue weighted by molar-refractivity contribution is 8.00. The Morgan fingerprint density at radius 1 is 1.15 bits per heavy atom. The molecule has 1 unspecified atom stereocenters. The van der Waals surface area contributed by atoms with Gasteiger partial charge in [-0.05, 0) is 62.4 Å². The molecule has 1 aliphatic rings. The molecule has 0 spiro atoms. The van der Waals surface area contributed by atoms with E-state index in [9.17, 15) is 14.4 Å². The number of unbranched alkanes of at least 4 members (excludes halogenated alkanes) is 1. The first-order valence-corrected chi connectivity index (χ1v) is 12.2. The zero-order valence-corrected chi connectivity index (χ0v) is 19.7. The van der Waals surface area contributed by atoms with E-state index in [1.54, 1.807) is 23.6 Å². The van der Waals surface area contributed by atoms with Gasteiger partial charge in [0.1, 0.15) is 0 Å². The van der Waals surface area contributed by atoms with Crippen LogP contribution in [0.4, 0.5) is 4.79 Å². The van der Waals surface area contributed by atoms with Crippen molar-refractivity contribution in [2.24, 2.45) is 0 Å². The van der Waals surface area contributed by atoms with Crippen LogP contribution in [0.1, 0.15) is 45.1 Å². The molecule has 4 rings (SSSR count). The number of para-hydroxylation sites is 1. The highest BCUT2D eigenvalue weighted by atomic mass is 32.2. The van der Waals surface area contributed by atoms with Crippen LogP contribution < -0.4 is 16.2 Å². The van der Waals surface area contributed by atoms with Crippen LogP contribution in [0.25, 0.3) is 16.6 Å². The molecule has 2 aromatic carbocycles. The van der Waals surface area contributed by atoms with Crippen LogP contribution in [0.5, 0.6) is 0 Å². The first-order chi connectivity index (χ1) is 16.0. The third-order valence-corrected chi connectivity index (χ3v) is 6.61. The van der Waals surface area contributed by atoms with E-state index in [-0.39, 0.29) is 11.6 Å². The predicted molar refractivity (Wildman–Crippen MR) is 131 cm³/mol. The number of thioether (sulfide) groups is 1. The number of carbonyl (C=O) groups is 2. The topological polar surface area (TPSA) is 93.1 Å². The van der Waals surface area contributed by atoms with E-state index in [0.29, 0.717) is 21.7 Å². The maximum Gasteiger partial charge on any atom is 0.321 e. The Kier molecular flexibility index (Phi) is 7.13. The van der Waals surface area contributed by atoms with Crippen LogP contribution in [0.15, 0.2) is 58.5 Å². The molecular weight excluding hydrogens is 436 g/mol. The summed E-state index contributed by atoms with van der Waals surface area (Å²) < 4.78 is 1.55. The van der Waals surface area contributed by atoms with Crippen molar-refractivity contribution in [1.29, 1.82) is 0 Å². The highest BCUT2D eigenvalue weighted by Gasteiger charge is 2.26. The van der Waals surface area contributed by atoms with Crippen LogP contribution >= 0.6 is 11.8 Å². The molecule has 1 saturated carbocycles. The molecule has 0 saturated heterocycles. The molecule has 1 aromatic heterocycles. The number of urea groups is 1. The number of hydrogen-bond donors (Lipinski definition) is 2. The second-order valence-electron chi connectivity index (χ2n) is 8.32. The molecule has 7 nitrogen and oxygen atoms in total. The SMILES string of the molecule is CCCCc1ccc(-n2c(SC(C)C(=O)NC(=O)NC3CC3)nc3ccccc3c2=O)cc1. The summed E-state index contributed by atoms with van der Waals surface area (Å²) in [5, 5.41) is 5.42. The average molecular weight is 465 g/mol. The Morgan fingerprint density at radius 2 is 1.88 bits per heavy atom. The maximum absolute atomic E-state index is 13.4. The number of carbonyl (C=O) groups excluding carboxylic acids is 2. The molecule has 0 aliphatic heterocycles. The van der Waals surface area contributed by atoms with Crippen LogP contribution in [0.2, 0.25) is 0 Å². The number of fused-ring (bicyclic) bond motifs is 1. The van der Waals surface area contributed by atoms with Gasteiger partial charge in [0.05, 0.1) is 21.8 Å². The van der Waals surface area contributed by atoms with Crippen molar-refractivity contribution in [3.05, 3.63) is 64.4 Å². The number of aromatic nitrogens is 2. The number of imide groups is 1. The fourth-order valence-electron chi connectivity index (χ4n) is 3.49. The molecule has 1 heterocycles. The first kappa shape index (κ1) is 23.0. The standard InChI is InChI=1S/C25H28N4O3S/c1-3-4-7-17-10-14-19(15-11-17)29-23(31)20-8-5-6-9-21(20)27-25(29)33-16(2)22(30)28-24(32)26-18-12-13-18/h5-6,8-11,14-16,18H,3-4,7,12-13H2,1-2H3,(H2,26,28,30,32). The van der Waals surface area contributed by atoms with Gasteiger partial charge in [-0.1, -0.05) is 49.4 Å². The minimum Gasteiger partial charge on any atom is -0.335 e. The van der Waals surface area contributed by atoms with Crippen molar-refractivity contribution in [1.82, 2.24) is 20.2 Å². The van der Waals surface area contributed by atoms with Crippen molar-refractivity contribution < 1.29 is 9.59 Å². The number of benzene rings is 2. The summed E-state index contributed by atoms with van der Waals surface area (Å²) in [6.07, 6.45) is 5.10. The average Bonchev–Trinajstić information content (AvgIpc) is 3.62. The lowest BCUT2D eigenvalue weighted by molar-refractivity contribution is -0.119.